The molecule has 3 aromatic rings. The van der Waals surface area contributed by atoms with Crippen molar-refractivity contribution in [1.82, 2.24) is 5.32 Å². The number of nitrogens with one attached hydrogen (secondary N) is 1. The summed E-state index contributed by atoms with van der Waals surface area (Å²) < 4.78 is 6.46. The number of ether oxygens (including phenoxy) is 1. The smallest absolute Gasteiger partial charge is 0.108 e. The molecule has 3 aromatic carbocycles. The molecule has 1 saturated heterocycles. The van der Waals surface area contributed by atoms with E-state index in [1.54, 1.807) is 0 Å². The zero-order valence-corrected chi connectivity index (χ0v) is 16.3. The summed E-state index contributed by atoms with van der Waals surface area (Å²) in [6.45, 7) is 1.85. The summed E-state index contributed by atoms with van der Waals surface area (Å²) in [5.41, 5.74) is 3.87. The van der Waals surface area contributed by atoms with Crippen molar-refractivity contribution in [1.29, 1.82) is 0 Å². The SMILES string of the molecule is c1ccc(C(OCCC2NCCCC2c2ccccc2)c2ccccc2)cc1. The minimum Gasteiger partial charge on any atom is -0.369 e. The van der Waals surface area contributed by atoms with Crippen molar-refractivity contribution >= 4 is 0 Å². The molecule has 1 aliphatic rings. The van der Waals surface area contributed by atoms with E-state index in [4.69, 9.17) is 4.74 Å². The lowest BCUT2D eigenvalue weighted by Gasteiger charge is -2.33. The van der Waals surface area contributed by atoms with Gasteiger partial charge in [-0.1, -0.05) is 91.0 Å². The summed E-state index contributed by atoms with van der Waals surface area (Å²) in [7, 11) is 0. The van der Waals surface area contributed by atoms with Crippen LogP contribution >= 0.6 is 0 Å². The molecule has 0 aliphatic carbocycles. The van der Waals surface area contributed by atoms with Gasteiger partial charge in [-0.05, 0) is 48.4 Å². The first-order valence-corrected chi connectivity index (χ1v) is 10.4. The molecule has 1 fully saturated rings. The fourth-order valence-electron chi connectivity index (χ4n) is 4.31. The Morgan fingerprint density at radius 1 is 0.786 bits per heavy atom. The molecule has 0 spiro atoms. The van der Waals surface area contributed by atoms with Gasteiger partial charge in [0, 0.05) is 12.6 Å². The van der Waals surface area contributed by atoms with Crippen LogP contribution in [0.4, 0.5) is 0 Å². The standard InChI is InChI=1S/C26H29NO/c1-4-11-21(12-5-1)24-17-10-19-27-25(24)18-20-28-26(22-13-6-2-7-14-22)23-15-8-3-9-16-23/h1-9,11-16,24-27H,10,17-20H2. The van der Waals surface area contributed by atoms with Crippen molar-refractivity contribution in [2.45, 2.75) is 37.3 Å². The van der Waals surface area contributed by atoms with Gasteiger partial charge in [-0.15, -0.1) is 0 Å². The highest BCUT2D eigenvalue weighted by atomic mass is 16.5. The molecule has 0 saturated carbocycles. The van der Waals surface area contributed by atoms with Gasteiger partial charge < -0.3 is 10.1 Å². The van der Waals surface area contributed by atoms with Crippen LogP contribution in [0.5, 0.6) is 0 Å². The fraction of sp³-hybridized carbons (Fsp3) is 0.308. The van der Waals surface area contributed by atoms with Crippen LogP contribution in [0.15, 0.2) is 91.0 Å². The Morgan fingerprint density at radius 3 is 1.96 bits per heavy atom. The molecule has 1 aliphatic heterocycles. The average Bonchev–Trinajstić information content (AvgIpc) is 2.79. The van der Waals surface area contributed by atoms with Crippen LogP contribution < -0.4 is 5.32 Å². The monoisotopic (exact) mass is 371 g/mol. The summed E-state index contributed by atoms with van der Waals surface area (Å²) in [6.07, 6.45) is 3.51. The van der Waals surface area contributed by atoms with Gasteiger partial charge in [0.15, 0.2) is 0 Å². The van der Waals surface area contributed by atoms with E-state index >= 15 is 0 Å². The molecule has 2 atom stereocenters. The van der Waals surface area contributed by atoms with Gasteiger partial charge in [0.25, 0.3) is 0 Å². The summed E-state index contributed by atoms with van der Waals surface area (Å²) in [6, 6.07) is 32.5. The lowest BCUT2D eigenvalue weighted by Crippen LogP contribution is -2.40. The first-order chi connectivity index (χ1) is 13.9. The maximum absolute atomic E-state index is 6.46. The summed E-state index contributed by atoms with van der Waals surface area (Å²) in [4.78, 5) is 0. The highest BCUT2D eigenvalue weighted by molar-refractivity contribution is 5.30. The molecule has 0 amide bonds. The number of rotatable bonds is 7. The Bertz CT molecular complexity index is 779. The first kappa shape index (κ1) is 18.9. The second-order valence-electron chi connectivity index (χ2n) is 7.58. The van der Waals surface area contributed by atoms with Crippen LogP contribution in [0, 0.1) is 0 Å². The summed E-state index contributed by atoms with van der Waals surface area (Å²) in [5, 5.41) is 3.74. The Labute approximate surface area is 168 Å². The topological polar surface area (TPSA) is 21.3 Å². The minimum absolute atomic E-state index is 0.0128. The van der Waals surface area contributed by atoms with Crippen molar-refractivity contribution in [3.05, 3.63) is 108 Å². The van der Waals surface area contributed by atoms with Crippen molar-refractivity contribution < 1.29 is 4.74 Å². The van der Waals surface area contributed by atoms with E-state index in [0.29, 0.717) is 12.0 Å². The van der Waals surface area contributed by atoms with Gasteiger partial charge in [0.2, 0.25) is 0 Å². The van der Waals surface area contributed by atoms with E-state index in [1.807, 2.05) is 0 Å². The lowest BCUT2D eigenvalue weighted by molar-refractivity contribution is 0.0689. The number of hydrogen-bond donors (Lipinski definition) is 1. The van der Waals surface area contributed by atoms with Gasteiger partial charge in [-0.2, -0.15) is 0 Å². The number of hydrogen-bond acceptors (Lipinski definition) is 2. The molecule has 0 aromatic heterocycles. The lowest BCUT2D eigenvalue weighted by atomic mass is 9.83. The average molecular weight is 372 g/mol. The molecule has 144 valence electrons. The highest BCUT2D eigenvalue weighted by Gasteiger charge is 2.26. The molecule has 2 unspecified atom stereocenters. The van der Waals surface area contributed by atoms with Crippen LogP contribution in [-0.4, -0.2) is 19.2 Å². The number of piperidine rings is 1. The molecule has 1 heterocycles. The quantitative estimate of drug-likeness (QED) is 0.574. The molecule has 2 heteroatoms. The van der Waals surface area contributed by atoms with E-state index in [2.05, 4.69) is 96.3 Å². The largest absolute Gasteiger partial charge is 0.369 e. The predicted octanol–water partition coefficient (Wildman–Crippen LogP) is 5.72. The van der Waals surface area contributed by atoms with Crippen molar-refractivity contribution in [2.24, 2.45) is 0 Å². The zero-order chi connectivity index (χ0) is 19.0. The van der Waals surface area contributed by atoms with Crippen molar-refractivity contribution in [2.75, 3.05) is 13.2 Å². The van der Waals surface area contributed by atoms with Gasteiger partial charge in [-0.25, -0.2) is 0 Å². The zero-order valence-electron chi connectivity index (χ0n) is 16.3. The summed E-state index contributed by atoms with van der Waals surface area (Å²) >= 11 is 0. The third-order valence-corrected chi connectivity index (χ3v) is 5.73. The number of benzene rings is 3. The van der Waals surface area contributed by atoms with Gasteiger partial charge >= 0.3 is 0 Å². The molecule has 4 rings (SSSR count). The molecule has 2 nitrogen and oxygen atoms in total. The Hall–Kier alpha value is -2.42. The second-order valence-corrected chi connectivity index (χ2v) is 7.58. The molecule has 0 bridgehead atoms. The van der Waals surface area contributed by atoms with Crippen LogP contribution in [0.2, 0.25) is 0 Å². The normalized spacial score (nSPS) is 19.6. The highest BCUT2D eigenvalue weighted by Crippen LogP contribution is 2.31. The predicted molar refractivity (Wildman–Crippen MR) is 116 cm³/mol. The van der Waals surface area contributed by atoms with Crippen LogP contribution in [0.25, 0.3) is 0 Å². The van der Waals surface area contributed by atoms with E-state index < -0.39 is 0 Å². The molecular formula is C26H29NO. The van der Waals surface area contributed by atoms with Crippen LogP contribution in [-0.2, 0) is 4.74 Å². The third-order valence-electron chi connectivity index (χ3n) is 5.73. The maximum atomic E-state index is 6.46. The van der Waals surface area contributed by atoms with E-state index in [1.165, 1.54) is 29.5 Å². The fourth-order valence-corrected chi connectivity index (χ4v) is 4.31. The molecule has 1 N–H and O–H groups in total. The van der Waals surface area contributed by atoms with Crippen LogP contribution in [0.3, 0.4) is 0 Å². The van der Waals surface area contributed by atoms with E-state index in [-0.39, 0.29) is 6.10 Å². The Kier molecular flexibility index (Phi) is 6.54. The van der Waals surface area contributed by atoms with E-state index in [9.17, 15) is 0 Å². The van der Waals surface area contributed by atoms with Gasteiger partial charge in [0.05, 0.1) is 0 Å². The molecular weight excluding hydrogens is 342 g/mol. The summed E-state index contributed by atoms with van der Waals surface area (Å²) in [5.74, 6) is 0.574. The third kappa shape index (κ3) is 4.70. The van der Waals surface area contributed by atoms with Crippen molar-refractivity contribution in [3.8, 4) is 0 Å². The van der Waals surface area contributed by atoms with Crippen molar-refractivity contribution in [3.63, 3.8) is 0 Å². The van der Waals surface area contributed by atoms with Gasteiger partial charge in [-0.3, -0.25) is 0 Å². The van der Waals surface area contributed by atoms with E-state index in [0.717, 1.165) is 19.6 Å². The first-order valence-electron chi connectivity index (χ1n) is 10.4. The maximum Gasteiger partial charge on any atom is 0.108 e. The second kappa shape index (κ2) is 9.68. The van der Waals surface area contributed by atoms with Gasteiger partial charge in [0.1, 0.15) is 6.10 Å². The Morgan fingerprint density at radius 2 is 1.36 bits per heavy atom. The van der Waals surface area contributed by atoms with Crippen LogP contribution in [0.1, 0.15) is 48.0 Å². The Balaban J connectivity index is 1.44. The minimum atomic E-state index is -0.0128. The molecule has 28 heavy (non-hydrogen) atoms. The molecule has 0 radical (unpaired) electrons.